The van der Waals surface area contributed by atoms with Gasteiger partial charge in [0.2, 0.25) is 0 Å². The zero-order valence-electron chi connectivity index (χ0n) is 15.6. The topological polar surface area (TPSA) is 89.7 Å². The Morgan fingerprint density at radius 3 is 2.86 bits per heavy atom. The van der Waals surface area contributed by atoms with Crippen LogP contribution in [0.3, 0.4) is 0 Å². The number of amides is 1. The fourth-order valence-electron chi connectivity index (χ4n) is 2.62. The highest BCUT2D eigenvalue weighted by Crippen LogP contribution is 2.48. The molecule has 2 atom stereocenters. The summed E-state index contributed by atoms with van der Waals surface area (Å²) in [6.45, 7) is 0. The second kappa shape index (κ2) is 8.54. The lowest BCUT2D eigenvalue weighted by atomic mass is 10.3. The van der Waals surface area contributed by atoms with Crippen molar-refractivity contribution < 1.29 is 22.6 Å². The zero-order chi connectivity index (χ0) is 21.2. The minimum atomic E-state index is -2.77. The Morgan fingerprint density at radius 1 is 1.55 bits per heavy atom. The number of rotatable bonds is 8. The van der Waals surface area contributed by atoms with E-state index < -0.39 is 28.5 Å². The van der Waals surface area contributed by atoms with Gasteiger partial charge in [-0.3, -0.25) is 14.0 Å². The summed E-state index contributed by atoms with van der Waals surface area (Å²) >= 11 is 6.17. The van der Waals surface area contributed by atoms with Gasteiger partial charge in [-0.25, -0.2) is 13.5 Å². The molecular weight excluding hydrogens is 428 g/mol. The third-order valence-corrected chi connectivity index (χ3v) is 5.96. The number of alkyl halides is 2. The Morgan fingerprint density at radius 2 is 2.28 bits per heavy atom. The van der Waals surface area contributed by atoms with Gasteiger partial charge in [-0.2, -0.15) is 5.10 Å². The second-order valence-electron chi connectivity index (χ2n) is 6.46. The van der Waals surface area contributed by atoms with Gasteiger partial charge in [0.1, 0.15) is 12.8 Å². The van der Waals surface area contributed by atoms with Crippen LogP contribution in [0.5, 0.6) is 0 Å². The van der Waals surface area contributed by atoms with Gasteiger partial charge in [0.15, 0.2) is 10.9 Å². The molecule has 2 unspecified atom stereocenters. The third-order valence-electron chi connectivity index (χ3n) is 4.32. The Balaban J connectivity index is 1.74. The fourth-order valence-corrected chi connectivity index (χ4v) is 4.28. The molecule has 0 N–H and O–H groups in total. The molecule has 2 aromatic rings. The Labute approximate surface area is 172 Å². The Hall–Kier alpha value is -2.40. The molecule has 0 radical (unpaired) electrons. The lowest BCUT2D eigenvalue weighted by Crippen LogP contribution is -2.36. The summed E-state index contributed by atoms with van der Waals surface area (Å²) in [4.78, 5) is 22.7. The van der Waals surface area contributed by atoms with Gasteiger partial charge in [-0.05, 0) is 12.1 Å². The first-order chi connectivity index (χ1) is 13.7. The first kappa shape index (κ1) is 21.3. The number of anilines is 1. The van der Waals surface area contributed by atoms with Crippen LogP contribution in [0.1, 0.15) is 6.42 Å². The van der Waals surface area contributed by atoms with Crippen molar-refractivity contribution in [2.75, 3.05) is 30.6 Å². The highest BCUT2D eigenvalue weighted by atomic mass is 35.5. The normalized spacial score (nSPS) is 18.9. The van der Waals surface area contributed by atoms with Crippen LogP contribution >= 0.6 is 11.6 Å². The molecule has 2 heterocycles. The van der Waals surface area contributed by atoms with Gasteiger partial charge in [-0.1, -0.05) is 16.8 Å². The van der Waals surface area contributed by atoms with E-state index >= 15 is 0 Å². The minimum Gasteiger partial charge on any atom is -0.399 e. The van der Waals surface area contributed by atoms with Crippen molar-refractivity contribution in [3.05, 3.63) is 35.9 Å². The van der Waals surface area contributed by atoms with Crippen molar-refractivity contribution >= 4 is 39.7 Å². The molecule has 12 heteroatoms. The van der Waals surface area contributed by atoms with Crippen LogP contribution in [0.25, 0.3) is 5.69 Å². The summed E-state index contributed by atoms with van der Waals surface area (Å²) in [7, 11) is 0.992. The van der Waals surface area contributed by atoms with Crippen LogP contribution in [0.15, 0.2) is 35.9 Å². The van der Waals surface area contributed by atoms with E-state index in [0.717, 1.165) is 0 Å². The lowest BCUT2D eigenvalue weighted by Gasteiger charge is -2.16. The number of carbonyl (C=O) groups is 1. The molecule has 0 bridgehead atoms. The average Bonchev–Trinajstić information content (AvgIpc) is 3.09. The van der Waals surface area contributed by atoms with E-state index in [1.165, 1.54) is 29.9 Å². The fraction of sp³-hybridized carbons (Fsp3) is 0.412. The van der Waals surface area contributed by atoms with Gasteiger partial charge in [-0.15, -0.1) is 0 Å². The van der Waals surface area contributed by atoms with E-state index in [1.54, 1.807) is 24.5 Å². The number of pyridine rings is 1. The third kappa shape index (κ3) is 4.96. The van der Waals surface area contributed by atoms with Crippen molar-refractivity contribution in [2.24, 2.45) is 11.1 Å². The molecule has 0 aromatic carbocycles. The number of nitrogens with zero attached hydrogens (tertiary/aromatic N) is 5. The van der Waals surface area contributed by atoms with Crippen molar-refractivity contribution in [1.29, 1.82) is 0 Å². The van der Waals surface area contributed by atoms with Crippen molar-refractivity contribution in [3.8, 4) is 5.69 Å². The standard InChI is InChI=1S/C17H18ClF2N5O3S/c1-24(14-8-25(22-15(14)18)12-4-3-5-21-7-12)16(26)13(23-28-2)10-29(27)9-11-6-17(11,19)20/h3-5,7-8,11H,6,9-10H2,1-2H3/b23-13-. The van der Waals surface area contributed by atoms with Gasteiger partial charge in [0.05, 0.1) is 23.8 Å². The Bertz CT molecular complexity index is 954. The lowest BCUT2D eigenvalue weighted by molar-refractivity contribution is -0.112. The van der Waals surface area contributed by atoms with E-state index in [1.807, 2.05) is 0 Å². The molecule has 156 valence electrons. The summed E-state index contributed by atoms with van der Waals surface area (Å²) < 4.78 is 39.7. The second-order valence-corrected chi connectivity index (χ2v) is 8.32. The molecule has 0 spiro atoms. The average molecular weight is 446 g/mol. The largest absolute Gasteiger partial charge is 0.399 e. The van der Waals surface area contributed by atoms with Crippen molar-refractivity contribution in [3.63, 3.8) is 0 Å². The van der Waals surface area contributed by atoms with Crippen molar-refractivity contribution in [1.82, 2.24) is 14.8 Å². The molecular formula is C17H18ClF2N5O3S. The molecule has 1 aliphatic rings. The number of carbonyl (C=O) groups excluding carboxylic acids is 1. The summed E-state index contributed by atoms with van der Waals surface area (Å²) in [6, 6.07) is 3.48. The molecule has 0 aliphatic heterocycles. The van der Waals surface area contributed by atoms with Gasteiger partial charge < -0.3 is 9.74 Å². The molecule has 3 rings (SSSR count). The predicted octanol–water partition coefficient (Wildman–Crippen LogP) is 2.29. The molecule has 1 saturated carbocycles. The highest BCUT2D eigenvalue weighted by molar-refractivity contribution is 7.85. The van der Waals surface area contributed by atoms with Crippen LogP contribution in [0.2, 0.25) is 5.15 Å². The van der Waals surface area contributed by atoms with Gasteiger partial charge >= 0.3 is 0 Å². The van der Waals surface area contributed by atoms with E-state index in [9.17, 15) is 17.8 Å². The number of oxime groups is 1. The SMILES string of the molecule is CO/N=C(/CS(=O)CC1CC1(F)F)C(=O)N(C)c1cn(-c2cccnc2)nc1Cl. The first-order valence-electron chi connectivity index (χ1n) is 8.49. The van der Waals surface area contributed by atoms with E-state index in [0.29, 0.717) is 5.69 Å². The molecule has 1 fully saturated rings. The first-order valence-corrected chi connectivity index (χ1v) is 10.4. The molecule has 1 aliphatic carbocycles. The number of aromatic nitrogens is 3. The maximum atomic E-state index is 13.0. The summed E-state index contributed by atoms with van der Waals surface area (Å²) in [5, 5.41) is 7.84. The smallest absolute Gasteiger partial charge is 0.276 e. The summed E-state index contributed by atoms with van der Waals surface area (Å²) in [5.41, 5.74) is 0.755. The van der Waals surface area contributed by atoms with Gasteiger partial charge in [0, 0.05) is 42.1 Å². The van der Waals surface area contributed by atoms with Gasteiger partial charge in [0.25, 0.3) is 11.8 Å². The zero-order valence-corrected chi connectivity index (χ0v) is 17.2. The molecule has 8 nitrogen and oxygen atoms in total. The van der Waals surface area contributed by atoms with E-state index in [-0.39, 0.29) is 34.5 Å². The Kier molecular flexibility index (Phi) is 6.27. The summed E-state index contributed by atoms with van der Waals surface area (Å²) in [6.07, 6.45) is 4.43. The van der Waals surface area contributed by atoms with E-state index in [2.05, 4.69) is 20.1 Å². The predicted molar refractivity (Wildman–Crippen MR) is 105 cm³/mol. The maximum Gasteiger partial charge on any atom is 0.276 e. The highest BCUT2D eigenvalue weighted by Gasteiger charge is 2.57. The molecule has 1 amide bonds. The van der Waals surface area contributed by atoms with Crippen LogP contribution in [0.4, 0.5) is 14.5 Å². The number of halogens is 3. The monoisotopic (exact) mass is 445 g/mol. The van der Waals surface area contributed by atoms with E-state index in [4.69, 9.17) is 11.6 Å². The maximum absolute atomic E-state index is 13.0. The van der Waals surface area contributed by atoms with Crippen LogP contribution in [0, 0.1) is 5.92 Å². The molecule has 2 aromatic heterocycles. The van der Waals surface area contributed by atoms with Crippen LogP contribution < -0.4 is 4.90 Å². The minimum absolute atomic E-state index is 0.0558. The van der Waals surface area contributed by atoms with Crippen LogP contribution in [-0.2, 0) is 20.4 Å². The number of hydrogen-bond donors (Lipinski definition) is 0. The molecule has 0 saturated heterocycles. The summed E-state index contributed by atoms with van der Waals surface area (Å²) in [5.74, 6) is -4.84. The molecule has 29 heavy (non-hydrogen) atoms. The quantitative estimate of drug-likeness (QED) is 0.459. The van der Waals surface area contributed by atoms with Crippen molar-refractivity contribution in [2.45, 2.75) is 12.3 Å². The van der Waals surface area contributed by atoms with Crippen LogP contribution in [-0.4, -0.2) is 62.2 Å². The number of hydrogen-bond acceptors (Lipinski definition) is 6.